The molecule has 0 bridgehead atoms. The molecule has 0 amide bonds. The SMILES string of the molecule is CCCOc1cccc(/C=N/NC)c1. The van der Waals surface area contributed by atoms with Gasteiger partial charge in [0, 0.05) is 7.05 Å². The largest absolute Gasteiger partial charge is 0.494 e. The molecule has 0 aliphatic heterocycles. The van der Waals surface area contributed by atoms with Crippen molar-refractivity contribution in [1.29, 1.82) is 0 Å². The van der Waals surface area contributed by atoms with Crippen LogP contribution in [0.2, 0.25) is 0 Å². The fourth-order valence-electron chi connectivity index (χ4n) is 1.04. The lowest BCUT2D eigenvalue weighted by molar-refractivity contribution is 0.317. The Hall–Kier alpha value is -1.51. The average molecular weight is 192 g/mol. The summed E-state index contributed by atoms with van der Waals surface area (Å²) in [6.07, 6.45) is 2.79. The zero-order valence-electron chi connectivity index (χ0n) is 8.66. The molecule has 1 N–H and O–H groups in total. The normalized spacial score (nSPS) is 10.4. The summed E-state index contributed by atoms with van der Waals surface area (Å²) in [4.78, 5) is 0. The lowest BCUT2D eigenvalue weighted by Gasteiger charge is -2.04. The van der Waals surface area contributed by atoms with Gasteiger partial charge in [-0.2, -0.15) is 5.10 Å². The van der Waals surface area contributed by atoms with Crippen LogP contribution in [0.4, 0.5) is 0 Å². The first-order valence-corrected chi connectivity index (χ1v) is 4.79. The van der Waals surface area contributed by atoms with Crippen LogP contribution in [0.3, 0.4) is 0 Å². The van der Waals surface area contributed by atoms with Gasteiger partial charge in [0.15, 0.2) is 0 Å². The maximum Gasteiger partial charge on any atom is 0.119 e. The highest BCUT2D eigenvalue weighted by atomic mass is 16.5. The molecule has 0 radical (unpaired) electrons. The van der Waals surface area contributed by atoms with E-state index in [4.69, 9.17) is 4.74 Å². The van der Waals surface area contributed by atoms with E-state index in [1.165, 1.54) is 0 Å². The van der Waals surface area contributed by atoms with Gasteiger partial charge in [-0.1, -0.05) is 19.1 Å². The van der Waals surface area contributed by atoms with Crippen molar-refractivity contribution in [1.82, 2.24) is 5.43 Å². The molecule has 3 heteroatoms. The standard InChI is InChI=1S/C11H16N2O/c1-3-7-14-11-6-4-5-10(8-11)9-13-12-2/h4-6,8-9,12H,3,7H2,1-2H3/b13-9+. The third-order valence-corrected chi connectivity index (χ3v) is 1.67. The fraction of sp³-hybridized carbons (Fsp3) is 0.364. The van der Waals surface area contributed by atoms with Crippen LogP contribution in [0, 0.1) is 0 Å². The smallest absolute Gasteiger partial charge is 0.119 e. The fourth-order valence-corrected chi connectivity index (χ4v) is 1.04. The number of nitrogens with zero attached hydrogens (tertiary/aromatic N) is 1. The van der Waals surface area contributed by atoms with E-state index in [0.717, 1.165) is 24.3 Å². The maximum atomic E-state index is 5.49. The Morgan fingerprint density at radius 1 is 1.50 bits per heavy atom. The van der Waals surface area contributed by atoms with E-state index >= 15 is 0 Å². The van der Waals surface area contributed by atoms with Gasteiger partial charge in [0.1, 0.15) is 5.75 Å². The summed E-state index contributed by atoms with van der Waals surface area (Å²) < 4.78 is 5.49. The second kappa shape index (κ2) is 6.02. The van der Waals surface area contributed by atoms with Crippen molar-refractivity contribution in [3.05, 3.63) is 29.8 Å². The van der Waals surface area contributed by atoms with Crippen molar-refractivity contribution in [2.75, 3.05) is 13.7 Å². The zero-order valence-corrected chi connectivity index (χ0v) is 8.66. The van der Waals surface area contributed by atoms with Crippen LogP contribution in [0.15, 0.2) is 29.4 Å². The summed E-state index contributed by atoms with van der Waals surface area (Å²) >= 11 is 0. The third kappa shape index (κ3) is 3.47. The highest BCUT2D eigenvalue weighted by Gasteiger charge is 1.93. The monoisotopic (exact) mass is 192 g/mol. The molecule has 76 valence electrons. The van der Waals surface area contributed by atoms with E-state index in [1.807, 2.05) is 24.3 Å². The molecule has 0 saturated heterocycles. The molecular weight excluding hydrogens is 176 g/mol. The number of benzene rings is 1. The van der Waals surface area contributed by atoms with Gasteiger partial charge in [0.05, 0.1) is 12.8 Å². The Balaban J connectivity index is 2.63. The van der Waals surface area contributed by atoms with Gasteiger partial charge < -0.3 is 10.2 Å². The molecule has 0 aliphatic rings. The summed E-state index contributed by atoms with van der Waals surface area (Å²) in [7, 11) is 1.77. The van der Waals surface area contributed by atoms with Crippen molar-refractivity contribution in [3.63, 3.8) is 0 Å². The molecule has 0 unspecified atom stereocenters. The Morgan fingerprint density at radius 3 is 3.07 bits per heavy atom. The molecule has 3 nitrogen and oxygen atoms in total. The highest BCUT2D eigenvalue weighted by Crippen LogP contribution is 2.11. The van der Waals surface area contributed by atoms with Gasteiger partial charge >= 0.3 is 0 Å². The first-order chi connectivity index (χ1) is 6.86. The first kappa shape index (κ1) is 10.6. The van der Waals surface area contributed by atoms with Crippen LogP contribution >= 0.6 is 0 Å². The number of hydrogen-bond donors (Lipinski definition) is 1. The van der Waals surface area contributed by atoms with E-state index < -0.39 is 0 Å². The van der Waals surface area contributed by atoms with Gasteiger partial charge in [-0.05, 0) is 24.1 Å². The number of hydrogen-bond acceptors (Lipinski definition) is 3. The van der Waals surface area contributed by atoms with Gasteiger partial charge in [0.2, 0.25) is 0 Å². The summed E-state index contributed by atoms with van der Waals surface area (Å²) in [5.74, 6) is 0.895. The molecule has 1 aromatic carbocycles. The average Bonchev–Trinajstić information content (AvgIpc) is 2.24. The molecule has 0 atom stereocenters. The molecule has 0 fully saturated rings. The molecule has 0 aromatic heterocycles. The van der Waals surface area contributed by atoms with Crippen molar-refractivity contribution >= 4 is 6.21 Å². The van der Waals surface area contributed by atoms with Gasteiger partial charge in [-0.25, -0.2) is 0 Å². The third-order valence-electron chi connectivity index (χ3n) is 1.67. The topological polar surface area (TPSA) is 33.6 Å². The molecule has 0 heterocycles. The number of hydrazone groups is 1. The molecular formula is C11H16N2O. The van der Waals surface area contributed by atoms with E-state index in [0.29, 0.717) is 0 Å². The molecule has 0 aliphatic carbocycles. The van der Waals surface area contributed by atoms with Crippen LogP contribution in [-0.4, -0.2) is 19.9 Å². The van der Waals surface area contributed by atoms with Gasteiger partial charge in [-0.15, -0.1) is 0 Å². The number of ether oxygens (including phenoxy) is 1. The maximum absolute atomic E-state index is 5.49. The van der Waals surface area contributed by atoms with E-state index in [1.54, 1.807) is 13.3 Å². The van der Waals surface area contributed by atoms with Gasteiger partial charge in [-0.3, -0.25) is 0 Å². The van der Waals surface area contributed by atoms with E-state index in [-0.39, 0.29) is 0 Å². The lowest BCUT2D eigenvalue weighted by Crippen LogP contribution is -1.97. The summed E-state index contributed by atoms with van der Waals surface area (Å²) in [5.41, 5.74) is 3.74. The minimum Gasteiger partial charge on any atom is -0.494 e. The molecule has 0 saturated carbocycles. The molecule has 14 heavy (non-hydrogen) atoms. The minimum atomic E-state index is 0.757. The van der Waals surface area contributed by atoms with E-state index in [2.05, 4.69) is 17.5 Å². The summed E-state index contributed by atoms with van der Waals surface area (Å²) in [6, 6.07) is 7.87. The highest BCUT2D eigenvalue weighted by molar-refractivity contribution is 5.79. The lowest BCUT2D eigenvalue weighted by atomic mass is 10.2. The van der Waals surface area contributed by atoms with Crippen LogP contribution in [0.1, 0.15) is 18.9 Å². The number of rotatable bonds is 5. The second-order valence-electron chi connectivity index (χ2n) is 2.90. The predicted molar refractivity (Wildman–Crippen MR) is 58.9 cm³/mol. The van der Waals surface area contributed by atoms with E-state index in [9.17, 15) is 0 Å². The first-order valence-electron chi connectivity index (χ1n) is 4.79. The summed E-state index contributed by atoms with van der Waals surface area (Å²) in [5, 5.41) is 3.93. The van der Waals surface area contributed by atoms with Crippen LogP contribution in [0.25, 0.3) is 0 Å². The van der Waals surface area contributed by atoms with Gasteiger partial charge in [0.25, 0.3) is 0 Å². The van der Waals surface area contributed by atoms with Crippen molar-refractivity contribution in [2.24, 2.45) is 5.10 Å². The zero-order chi connectivity index (χ0) is 10.2. The Morgan fingerprint density at radius 2 is 2.36 bits per heavy atom. The Labute approximate surface area is 84.8 Å². The minimum absolute atomic E-state index is 0.757. The Bertz CT molecular complexity index is 297. The van der Waals surface area contributed by atoms with Crippen molar-refractivity contribution < 1.29 is 4.74 Å². The second-order valence-corrected chi connectivity index (χ2v) is 2.90. The van der Waals surface area contributed by atoms with Crippen LogP contribution in [-0.2, 0) is 0 Å². The van der Waals surface area contributed by atoms with Crippen molar-refractivity contribution in [3.8, 4) is 5.75 Å². The molecule has 1 rings (SSSR count). The predicted octanol–water partition coefficient (Wildman–Crippen LogP) is 2.03. The quantitative estimate of drug-likeness (QED) is 0.572. The molecule has 0 spiro atoms. The Kier molecular flexibility index (Phi) is 4.55. The number of nitrogens with one attached hydrogen (secondary N) is 1. The van der Waals surface area contributed by atoms with Crippen molar-refractivity contribution in [2.45, 2.75) is 13.3 Å². The van der Waals surface area contributed by atoms with Crippen LogP contribution in [0.5, 0.6) is 5.75 Å². The summed E-state index contributed by atoms with van der Waals surface area (Å²) in [6.45, 7) is 2.85. The molecule has 1 aromatic rings. The van der Waals surface area contributed by atoms with Crippen LogP contribution < -0.4 is 10.2 Å².